The van der Waals surface area contributed by atoms with Gasteiger partial charge in [-0.3, -0.25) is 4.99 Å². The van der Waals surface area contributed by atoms with Crippen LogP contribution in [0, 0.1) is 0 Å². The Balaban J connectivity index is 0.00000264. The van der Waals surface area contributed by atoms with Gasteiger partial charge in [0, 0.05) is 44.0 Å². The number of hydrogen-bond donors (Lipinski definition) is 1. The molecule has 132 valence electrons. The number of anilines is 1. The maximum absolute atomic E-state index is 11.7. The third kappa shape index (κ3) is 5.18. The zero-order valence-corrected chi connectivity index (χ0v) is 17.6. The fraction of sp³-hybridized carbons (Fsp3) is 0.692. The Bertz CT molecular complexity index is 623. The van der Waals surface area contributed by atoms with Crippen LogP contribution in [0.15, 0.2) is 16.6 Å². The van der Waals surface area contributed by atoms with Gasteiger partial charge in [-0.05, 0) is 13.8 Å². The lowest BCUT2D eigenvalue weighted by Gasteiger charge is -2.35. The number of piperazine rings is 1. The van der Waals surface area contributed by atoms with E-state index in [0.717, 1.165) is 31.3 Å². The molecule has 0 amide bonds. The molecule has 1 aliphatic heterocycles. The molecular formula is C13H24IN5O2S2. The normalized spacial score (nSPS) is 17.1. The predicted molar refractivity (Wildman–Crippen MR) is 107 cm³/mol. The number of aromatic nitrogens is 1. The van der Waals surface area contributed by atoms with Crippen molar-refractivity contribution in [2.75, 3.05) is 43.9 Å². The first-order valence-electron chi connectivity index (χ1n) is 7.09. The Labute approximate surface area is 158 Å². The van der Waals surface area contributed by atoms with E-state index in [9.17, 15) is 8.42 Å². The number of halogens is 1. The van der Waals surface area contributed by atoms with Crippen molar-refractivity contribution in [3.05, 3.63) is 11.6 Å². The van der Waals surface area contributed by atoms with Gasteiger partial charge in [0.15, 0.2) is 20.9 Å². The van der Waals surface area contributed by atoms with Crippen LogP contribution in [0.2, 0.25) is 0 Å². The Kier molecular flexibility index (Phi) is 7.08. The number of aliphatic imine (C=N–C) groups is 1. The van der Waals surface area contributed by atoms with Crippen LogP contribution in [-0.2, 0) is 9.84 Å². The maximum Gasteiger partial charge on any atom is 0.191 e. The highest BCUT2D eigenvalue weighted by molar-refractivity contribution is 14.0. The van der Waals surface area contributed by atoms with Gasteiger partial charge in [-0.2, -0.15) is 0 Å². The summed E-state index contributed by atoms with van der Waals surface area (Å²) < 4.78 is 22.5. The van der Waals surface area contributed by atoms with E-state index < -0.39 is 14.6 Å². The number of guanidine groups is 1. The number of hydrogen-bond acceptors (Lipinski definition) is 6. The predicted octanol–water partition coefficient (Wildman–Crippen LogP) is 1.02. The molecule has 7 nitrogen and oxygen atoms in total. The van der Waals surface area contributed by atoms with Gasteiger partial charge in [-0.25, -0.2) is 13.4 Å². The lowest BCUT2D eigenvalue weighted by molar-refractivity contribution is 0.380. The van der Waals surface area contributed by atoms with Crippen molar-refractivity contribution in [3.8, 4) is 0 Å². The second-order valence-electron chi connectivity index (χ2n) is 6.00. The molecule has 2 heterocycles. The van der Waals surface area contributed by atoms with Gasteiger partial charge in [-0.15, -0.1) is 35.3 Å². The SMILES string of the molecule is CC(C)(CN=C(N)N1CCN(c2nccs2)CC1)S(C)(=O)=O.I. The average molecular weight is 473 g/mol. The third-order valence-electron chi connectivity index (χ3n) is 3.92. The lowest BCUT2D eigenvalue weighted by atomic mass is 10.2. The molecule has 1 fully saturated rings. The molecule has 0 saturated carbocycles. The van der Waals surface area contributed by atoms with Crippen LogP contribution in [0.4, 0.5) is 5.13 Å². The molecule has 23 heavy (non-hydrogen) atoms. The van der Waals surface area contributed by atoms with Crippen LogP contribution in [0.25, 0.3) is 0 Å². The minimum Gasteiger partial charge on any atom is -0.370 e. The monoisotopic (exact) mass is 473 g/mol. The Hall–Kier alpha value is -0.620. The van der Waals surface area contributed by atoms with E-state index in [1.807, 2.05) is 10.3 Å². The highest BCUT2D eigenvalue weighted by atomic mass is 127. The molecule has 0 aliphatic carbocycles. The fourth-order valence-corrected chi connectivity index (χ4v) is 2.98. The minimum atomic E-state index is -3.16. The minimum absolute atomic E-state index is 0. The van der Waals surface area contributed by atoms with E-state index in [2.05, 4.69) is 14.9 Å². The van der Waals surface area contributed by atoms with Crippen LogP contribution in [0.5, 0.6) is 0 Å². The first kappa shape index (κ1) is 20.4. The Morgan fingerprint density at radius 2 is 2.00 bits per heavy atom. The molecule has 1 saturated heterocycles. The molecular weight excluding hydrogens is 449 g/mol. The summed E-state index contributed by atoms with van der Waals surface area (Å²) in [7, 11) is -3.16. The summed E-state index contributed by atoms with van der Waals surface area (Å²) in [5, 5.41) is 2.98. The molecule has 0 atom stereocenters. The molecule has 2 N–H and O–H groups in total. The van der Waals surface area contributed by atoms with E-state index in [1.54, 1.807) is 31.4 Å². The molecule has 0 radical (unpaired) electrons. The molecule has 2 rings (SSSR count). The van der Waals surface area contributed by atoms with Gasteiger partial charge in [0.05, 0.1) is 11.3 Å². The van der Waals surface area contributed by atoms with Gasteiger partial charge < -0.3 is 15.5 Å². The quantitative estimate of drug-likeness (QED) is 0.399. The van der Waals surface area contributed by atoms with Crippen LogP contribution in [-0.4, -0.2) is 68.0 Å². The van der Waals surface area contributed by atoms with Crippen LogP contribution >= 0.6 is 35.3 Å². The van der Waals surface area contributed by atoms with Gasteiger partial charge in [-0.1, -0.05) is 0 Å². The number of sulfone groups is 1. The largest absolute Gasteiger partial charge is 0.370 e. The molecule has 1 aromatic heterocycles. The van der Waals surface area contributed by atoms with Crippen molar-refractivity contribution in [3.63, 3.8) is 0 Å². The summed E-state index contributed by atoms with van der Waals surface area (Å²) in [6.07, 6.45) is 3.03. The summed E-state index contributed by atoms with van der Waals surface area (Å²) >= 11 is 1.62. The molecule has 10 heteroatoms. The van der Waals surface area contributed by atoms with Gasteiger partial charge in [0.2, 0.25) is 0 Å². The smallest absolute Gasteiger partial charge is 0.191 e. The van der Waals surface area contributed by atoms with E-state index in [0.29, 0.717) is 5.96 Å². The maximum atomic E-state index is 11.7. The van der Waals surface area contributed by atoms with Crippen molar-refractivity contribution < 1.29 is 8.42 Å². The first-order chi connectivity index (χ1) is 10.2. The van der Waals surface area contributed by atoms with Crippen molar-refractivity contribution >= 4 is 56.2 Å². The van der Waals surface area contributed by atoms with Gasteiger partial charge in [0.1, 0.15) is 0 Å². The molecule has 0 unspecified atom stereocenters. The van der Waals surface area contributed by atoms with Crippen molar-refractivity contribution in [2.45, 2.75) is 18.6 Å². The van der Waals surface area contributed by atoms with Crippen molar-refractivity contribution in [1.82, 2.24) is 9.88 Å². The Morgan fingerprint density at radius 3 is 2.48 bits per heavy atom. The number of nitrogens with two attached hydrogens (primary N) is 1. The Morgan fingerprint density at radius 1 is 1.39 bits per heavy atom. The zero-order valence-electron chi connectivity index (χ0n) is 13.6. The second-order valence-corrected chi connectivity index (χ2v) is 9.52. The number of thiazole rings is 1. The summed E-state index contributed by atoms with van der Waals surface area (Å²) in [6, 6.07) is 0. The molecule has 0 aromatic carbocycles. The van der Waals surface area contributed by atoms with Crippen molar-refractivity contribution in [2.24, 2.45) is 10.7 Å². The zero-order chi connectivity index (χ0) is 16.4. The fourth-order valence-electron chi connectivity index (χ4n) is 1.99. The van der Waals surface area contributed by atoms with Gasteiger partial charge in [0.25, 0.3) is 0 Å². The molecule has 0 spiro atoms. The number of nitrogens with zero attached hydrogens (tertiary/aromatic N) is 4. The van der Waals surface area contributed by atoms with Crippen LogP contribution < -0.4 is 10.6 Å². The standard InChI is InChI=1S/C13H23N5O2S2.HI/c1-13(2,22(3,19)20)10-16-11(14)17-5-7-18(8-6-17)12-15-4-9-21-12;/h4,9H,5-8,10H2,1-3H3,(H2,14,16);1H. The van der Waals surface area contributed by atoms with E-state index in [4.69, 9.17) is 5.73 Å². The topological polar surface area (TPSA) is 91.9 Å². The molecule has 0 bridgehead atoms. The second kappa shape index (κ2) is 7.97. The highest BCUT2D eigenvalue weighted by Gasteiger charge is 2.30. The summed E-state index contributed by atoms with van der Waals surface area (Å²) in [5.41, 5.74) is 6.01. The summed E-state index contributed by atoms with van der Waals surface area (Å²) in [5.74, 6) is 0.413. The lowest BCUT2D eigenvalue weighted by Crippen LogP contribution is -2.51. The van der Waals surface area contributed by atoms with Gasteiger partial charge >= 0.3 is 0 Å². The van der Waals surface area contributed by atoms with E-state index in [1.165, 1.54) is 6.26 Å². The summed E-state index contributed by atoms with van der Waals surface area (Å²) in [4.78, 5) is 12.8. The molecule has 1 aromatic rings. The van der Waals surface area contributed by atoms with Crippen LogP contribution in [0.1, 0.15) is 13.8 Å². The van der Waals surface area contributed by atoms with E-state index in [-0.39, 0.29) is 30.5 Å². The van der Waals surface area contributed by atoms with E-state index >= 15 is 0 Å². The average Bonchev–Trinajstić information content (AvgIpc) is 2.98. The molecule has 1 aliphatic rings. The summed E-state index contributed by atoms with van der Waals surface area (Å²) in [6.45, 7) is 6.68. The highest BCUT2D eigenvalue weighted by Crippen LogP contribution is 2.19. The first-order valence-corrected chi connectivity index (χ1v) is 9.87. The van der Waals surface area contributed by atoms with Crippen LogP contribution in [0.3, 0.4) is 0 Å². The number of rotatable bonds is 4. The third-order valence-corrected chi connectivity index (χ3v) is 6.89. The van der Waals surface area contributed by atoms with Crippen molar-refractivity contribution in [1.29, 1.82) is 0 Å².